The Bertz CT molecular complexity index is 448. The Balaban J connectivity index is 2.27. The highest BCUT2D eigenvalue weighted by atomic mass is 32.2. The first kappa shape index (κ1) is 13.4. The Hall–Kier alpha value is -1.07. The number of ether oxygens (including phenoxy) is 1. The second-order valence-corrected chi connectivity index (χ2v) is 5.38. The van der Waals surface area contributed by atoms with Gasteiger partial charge in [-0.1, -0.05) is 0 Å². The third kappa shape index (κ3) is 3.03. The molecule has 18 heavy (non-hydrogen) atoms. The van der Waals surface area contributed by atoms with Gasteiger partial charge in [0, 0.05) is 18.6 Å². The summed E-state index contributed by atoms with van der Waals surface area (Å²) in [6.07, 6.45) is 4.19. The number of pyridine rings is 1. The maximum absolute atomic E-state index is 11.3. The number of nitrogens with zero attached hydrogens (tertiary/aromatic N) is 1. The van der Waals surface area contributed by atoms with Crippen LogP contribution in [-0.2, 0) is 17.6 Å². The van der Waals surface area contributed by atoms with Gasteiger partial charge >= 0.3 is 5.97 Å². The summed E-state index contributed by atoms with van der Waals surface area (Å²) >= 11 is 1.46. The largest absolute Gasteiger partial charge is 0.478 e. The van der Waals surface area contributed by atoms with E-state index in [1.807, 2.05) is 0 Å². The molecular formula is C13H17NO3S. The standard InChI is InChI=1S/C13H17NO3S/c1-17-6-7-18-12-10(13(15)16)8-9-4-2-3-5-11(9)14-12/h8H,2-7H2,1H3,(H,15,16). The van der Waals surface area contributed by atoms with E-state index in [1.54, 1.807) is 13.2 Å². The summed E-state index contributed by atoms with van der Waals surface area (Å²) in [5.41, 5.74) is 2.51. The second kappa shape index (κ2) is 6.20. The molecule has 1 heterocycles. The van der Waals surface area contributed by atoms with Crippen molar-refractivity contribution in [2.24, 2.45) is 0 Å². The molecule has 0 bridgehead atoms. The summed E-state index contributed by atoms with van der Waals surface area (Å²) in [5.74, 6) is -0.168. The summed E-state index contributed by atoms with van der Waals surface area (Å²) in [5, 5.41) is 9.86. The Morgan fingerprint density at radius 3 is 3.00 bits per heavy atom. The first-order valence-corrected chi connectivity index (χ1v) is 7.08. The van der Waals surface area contributed by atoms with Crippen LogP contribution in [0.1, 0.15) is 34.5 Å². The maximum atomic E-state index is 11.3. The average molecular weight is 267 g/mol. The number of hydrogen-bond acceptors (Lipinski definition) is 4. The van der Waals surface area contributed by atoms with Gasteiger partial charge in [-0.05, 0) is 37.3 Å². The first-order valence-electron chi connectivity index (χ1n) is 6.10. The van der Waals surface area contributed by atoms with E-state index in [-0.39, 0.29) is 0 Å². The van der Waals surface area contributed by atoms with Crippen molar-refractivity contribution >= 4 is 17.7 Å². The molecule has 98 valence electrons. The molecule has 0 saturated carbocycles. The summed E-state index contributed by atoms with van der Waals surface area (Å²) in [4.78, 5) is 15.8. The topological polar surface area (TPSA) is 59.4 Å². The molecule has 0 radical (unpaired) electrons. The van der Waals surface area contributed by atoms with Crippen molar-refractivity contribution in [2.45, 2.75) is 30.7 Å². The Morgan fingerprint density at radius 1 is 1.50 bits per heavy atom. The average Bonchev–Trinajstić information content (AvgIpc) is 2.38. The van der Waals surface area contributed by atoms with Gasteiger partial charge in [0.25, 0.3) is 0 Å². The van der Waals surface area contributed by atoms with Crippen LogP contribution in [0.3, 0.4) is 0 Å². The second-order valence-electron chi connectivity index (χ2n) is 4.30. The molecule has 0 atom stereocenters. The van der Waals surface area contributed by atoms with Gasteiger partial charge < -0.3 is 9.84 Å². The third-order valence-corrected chi connectivity index (χ3v) is 3.98. The summed E-state index contributed by atoms with van der Waals surface area (Å²) < 4.78 is 4.98. The molecule has 1 aromatic heterocycles. The highest BCUT2D eigenvalue weighted by Crippen LogP contribution is 2.27. The van der Waals surface area contributed by atoms with E-state index in [4.69, 9.17) is 4.74 Å². The minimum absolute atomic E-state index is 0.330. The fourth-order valence-corrected chi connectivity index (χ4v) is 3.02. The zero-order valence-electron chi connectivity index (χ0n) is 10.4. The van der Waals surface area contributed by atoms with Gasteiger partial charge in [-0.3, -0.25) is 0 Å². The van der Waals surface area contributed by atoms with Gasteiger partial charge in [-0.2, -0.15) is 0 Å². The minimum atomic E-state index is -0.893. The number of methoxy groups -OCH3 is 1. The molecule has 0 saturated heterocycles. The number of carboxylic acids is 1. The molecule has 0 fully saturated rings. The molecule has 0 amide bonds. The van der Waals surface area contributed by atoms with E-state index in [9.17, 15) is 9.90 Å². The number of aromatic nitrogens is 1. The molecule has 1 N–H and O–H groups in total. The lowest BCUT2D eigenvalue weighted by atomic mass is 9.95. The molecule has 2 rings (SSSR count). The molecule has 1 aromatic rings. The number of rotatable bonds is 5. The molecule has 1 aliphatic rings. The van der Waals surface area contributed by atoms with Gasteiger partial charge in [0.2, 0.25) is 0 Å². The van der Waals surface area contributed by atoms with Crippen molar-refractivity contribution in [3.8, 4) is 0 Å². The molecule has 0 spiro atoms. The van der Waals surface area contributed by atoms with E-state index >= 15 is 0 Å². The highest BCUT2D eigenvalue weighted by molar-refractivity contribution is 7.99. The number of carboxylic acid groups (broad SMARTS) is 1. The minimum Gasteiger partial charge on any atom is -0.478 e. The Labute approximate surface area is 111 Å². The monoisotopic (exact) mass is 267 g/mol. The van der Waals surface area contributed by atoms with Crippen molar-refractivity contribution < 1.29 is 14.6 Å². The van der Waals surface area contributed by atoms with E-state index in [2.05, 4.69) is 4.98 Å². The number of carbonyl (C=O) groups is 1. The summed E-state index contributed by atoms with van der Waals surface area (Å²) in [7, 11) is 1.64. The number of fused-ring (bicyclic) bond motifs is 1. The molecule has 0 aromatic carbocycles. The van der Waals surface area contributed by atoms with E-state index in [0.717, 1.165) is 42.7 Å². The van der Waals surface area contributed by atoms with Crippen molar-refractivity contribution in [3.05, 3.63) is 22.9 Å². The first-order chi connectivity index (χ1) is 8.72. The van der Waals surface area contributed by atoms with E-state index in [0.29, 0.717) is 17.2 Å². The van der Waals surface area contributed by atoms with Gasteiger partial charge in [0.05, 0.1) is 12.2 Å². The van der Waals surface area contributed by atoms with Crippen molar-refractivity contribution in [2.75, 3.05) is 19.5 Å². The number of aromatic carboxylic acids is 1. The quantitative estimate of drug-likeness (QED) is 0.655. The lowest BCUT2D eigenvalue weighted by Gasteiger charge is -2.17. The van der Waals surface area contributed by atoms with Gasteiger partial charge in [-0.15, -0.1) is 11.8 Å². The Kier molecular flexibility index (Phi) is 4.60. The van der Waals surface area contributed by atoms with Crippen LogP contribution in [0.25, 0.3) is 0 Å². The zero-order chi connectivity index (χ0) is 13.0. The maximum Gasteiger partial charge on any atom is 0.338 e. The van der Waals surface area contributed by atoms with E-state index in [1.165, 1.54) is 11.8 Å². The molecule has 0 unspecified atom stereocenters. The molecule has 4 nitrogen and oxygen atoms in total. The van der Waals surface area contributed by atoms with Gasteiger partial charge in [-0.25, -0.2) is 9.78 Å². The molecular weight excluding hydrogens is 250 g/mol. The van der Waals surface area contributed by atoms with Crippen LogP contribution in [0.2, 0.25) is 0 Å². The third-order valence-electron chi connectivity index (χ3n) is 3.02. The Morgan fingerprint density at radius 2 is 2.28 bits per heavy atom. The molecule has 1 aliphatic carbocycles. The lowest BCUT2D eigenvalue weighted by Crippen LogP contribution is -2.11. The summed E-state index contributed by atoms with van der Waals surface area (Å²) in [6, 6.07) is 1.80. The normalized spacial score (nSPS) is 14.3. The SMILES string of the molecule is COCCSc1nc2c(cc1C(=O)O)CCCC2. The van der Waals surface area contributed by atoms with Crippen molar-refractivity contribution in [1.82, 2.24) is 4.98 Å². The van der Waals surface area contributed by atoms with Gasteiger partial charge in [0.1, 0.15) is 5.03 Å². The van der Waals surface area contributed by atoms with Gasteiger partial charge in [0.15, 0.2) is 0 Å². The van der Waals surface area contributed by atoms with Crippen molar-refractivity contribution in [1.29, 1.82) is 0 Å². The number of hydrogen-bond donors (Lipinski definition) is 1. The van der Waals surface area contributed by atoms with Crippen molar-refractivity contribution in [3.63, 3.8) is 0 Å². The number of aryl methyl sites for hydroxylation is 2. The zero-order valence-corrected chi connectivity index (χ0v) is 11.3. The predicted octanol–water partition coefficient (Wildman–Crippen LogP) is 2.40. The lowest BCUT2D eigenvalue weighted by molar-refractivity contribution is 0.0692. The van der Waals surface area contributed by atoms with Crippen LogP contribution in [0.4, 0.5) is 0 Å². The van der Waals surface area contributed by atoms with E-state index < -0.39 is 5.97 Å². The smallest absolute Gasteiger partial charge is 0.338 e. The fraction of sp³-hybridized carbons (Fsp3) is 0.538. The van der Waals surface area contributed by atoms with Crippen LogP contribution in [0.15, 0.2) is 11.1 Å². The molecule has 5 heteroatoms. The van der Waals surface area contributed by atoms with Crippen LogP contribution < -0.4 is 0 Å². The summed E-state index contributed by atoms with van der Waals surface area (Å²) in [6.45, 7) is 0.600. The van der Waals surface area contributed by atoms with Crippen LogP contribution in [-0.4, -0.2) is 35.5 Å². The van der Waals surface area contributed by atoms with Crippen LogP contribution >= 0.6 is 11.8 Å². The fourth-order valence-electron chi connectivity index (χ4n) is 2.10. The van der Waals surface area contributed by atoms with Crippen LogP contribution in [0.5, 0.6) is 0 Å². The van der Waals surface area contributed by atoms with Crippen LogP contribution in [0, 0.1) is 0 Å². The number of thioether (sulfide) groups is 1. The molecule has 0 aliphatic heterocycles. The highest BCUT2D eigenvalue weighted by Gasteiger charge is 2.18. The predicted molar refractivity (Wildman–Crippen MR) is 70.4 cm³/mol.